The molecule has 3 aromatic heterocycles. The molecule has 8 heteroatoms. The van der Waals surface area contributed by atoms with Crippen LogP contribution < -0.4 is 5.32 Å². The smallest absolute Gasteiger partial charge is 0.376 e. The fourth-order valence-electron chi connectivity index (χ4n) is 2.56. The lowest BCUT2D eigenvalue weighted by Gasteiger charge is -2.07. The Labute approximate surface area is 141 Å². The third-order valence-corrected chi connectivity index (χ3v) is 3.68. The molecular formula is C17H13N3O5. The molecule has 0 saturated carbocycles. The maximum Gasteiger partial charge on any atom is 0.376 e. The zero-order chi connectivity index (χ0) is 17.4. The van der Waals surface area contributed by atoms with Gasteiger partial charge in [-0.05, 0) is 30.3 Å². The summed E-state index contributed by atoms with van der Waals surface area (Å²) in [6, 6.07) is 6.80. The Balaban J connectivity index is 1.80. The van der Waals surface area contributed by atoms with E-state index in [1.807, 2.05) is 0 Å². The number of rotatable bonds is 4. The molecule has 0 atom stereocenters. The third-order valence-electron chi connectivity index (χ3n) is 3.68. The van der Waals surface area contributed by atoms with Crippen LogP contribution in [0.3, 0.4) is 0 Å². The second-order valence-electron chi connectivity index (χ2n) is 5.24. The van der Waals surface area contributed by atoms with Gasteiger partial charge in [0.2, 0.25) is 5.76 Å². The number of fused-ring (bicyclic) bond motifs is 2. The lowest BCUT2D eigenvalue weighted by atomic mass is 10.2. The van der Waals surface area contributed by atoms with E-state index >= 15 is 0 Å². The third kappa shape index (κ3) is 2.53. The van der Waals surface area contributed by atoms with Gasteiger partial charge in [0.25, 0.3) is 5.88 Å². The quantitative estimate of drug-likeness (QED) is 0.543. The van der Waals surface area contributed by atoms with E-state index in [1.54, 1.807) is 37.4 Å². The summed E-state index contributed by atoms with van der Waals surface area (Å²) in [6.45, 7) is 1.95. The van der Waals surface area contributed by atoms with Crippen LogP contribution in [0.25, 0.3) is 21.9 Å². The van der Waals surface area contributed by atoms with Gasteiger partial charge in [-0.1, -0.05) is 0 Å². The van der Waals surface area contributed by atoms with E-state index in [9.17, 15) is 9.90 Å². The summed E-state index contributed by atoms with van der Waals surface area (Å²) in [5.74, 6) is -0.682. The SMILES string of the molecule is CCOC(=O)c1oc2cnccc2c1Nc1ccc2c(O)noc2c1. The number of nitrogens with one attached hydrogen (secondary N) is 1. The molecule has 0 saturated heterocycles. The average molecular weight is 339 g/mol. The van der Waals surface area contributed by atoms with Crippen LogP contribution in [-0.4, -0.2) is 27.8 Å². The second kappa shape index (κ2) is 5.82. The van der Waals surface area contributed by atoms with Gasteiger partial charge < -0.3 is 24.1 Å². The Morgan fingerprint density at radius 2 is 2.16 bits per heavy atom. The van der Waals surface area contributed by atoms with Crippen LogP contribution in [-0.2, 0) is 4.74 Å². The summed E-state index contributed by atoms with van der Waals surface area (Å²) in [7, 11) is 0. The van der Waals surface area contributed by atoms with Crippen LogP contribution in [0.4, 0.5) is 11.4 Å². The number of carbonyl (C=O) groups excluding carboxylic acids is 1. The van der Waals surface area contributed by atoms with E-state index in [1.165, 1.54) is 6.20 Å². The minimum Gasteiger partial charge on any atom is -0.491 e. The van der Waals surface area contributed by atoms with Gasteiger partial charge in [-0.3, -0.25) is 4.98 Å². The molecule has 0 fully saturated rings. The van der Waals surface area contributed by atoms with E-state index in [0.29, 0.717) is 33.3 Å². The molecule has 4 aromatic rings. The number of anilines is 2. The summed E-state index contributed by atoms with van der Waals surface area (Å²) in [4.78, 5) is 16.2. The molecule has 0 aliphatic rings. The minimum absolute atomic E-state index is 0.0605. The van der Waals surface area contributed by atoms with E-state index in [4.69, 9.17) is 13.7 Å². The molecule has 25 heavy (non-hydrogen) atoms. The van der Waals surface area contributed by atoms with E-state index in [0.717, 1.165) is 0 Å². The number of carbonyl (C=O) groups is 1. The fourth-order valence-corrected chi connectivity index (χ4v) is 2.56. The maximum absolute atomic E-state index is 12.2. The van der Waals surface area contributed by atoms with Crippen molar-refractivity contribution in [3.05, 3.63) is 42.4 Å². The van der Waals surface area contributed by atoms with Crippen LogP contribution in [0.15, 0.2) is 45.6 Å². The van der Waals surface area contributed by atoms with Crippen molar-refractivity contribution in [1.82, 2.24) is 10.1 Å². The van der Waals surface area contributed by atoms with Crippen molar-refractivity contribution >= 4 is 39.3 Å². The van der Waals surface area contributed by atoms with Gasteiger partial charge in [-0.15, -0.1) is 0 Å². The molecule has 0 aliphatic heterocycles. The maximum atomic E-state index is 12.2. The van der Waals surface area contributed by atoms with Crippen LogP contribution in [0.2, 0.25) is 0 Å². The lowest BCUT2D eigenvalue weighted by Crippen LogP contribution is -2.06. The molecule has 0 spiro atoms. The van der Waals surface area contributed by atoms with Gasteiger partial charge in [0.1, 0.15) is 5.69 Å². The lowest BCUT2D eigenvalue weighted by molar-refractivity contribution is 0.0494. The first-order valence-electron chi connectivity index (χ1n) is 7.56. The number of hydrogen-bond acceptors (Lipinski definition) is 8. The first-order chi connectivity index (χ1) is 12.2. The van der Waals surface area contributed by atoms with Crippen molar-refractivity contribution in [3.63, 3.8) is 0 Å². The zero-order valence-corrected chi connectivity index (χ0v) is 13.1. The number of aromatic nitrogens is 2. The summed E-state index contributed by atoms with van der Waals surface area (Å²) in [5.41, 5.74) is 1.98. The Hall–Kier alpha value is -3.55. The van der Waals surface area contributed by atoms with Crippen molar-refractivity contribution in [2.45, 2.75) is 6.92 Å². The van der Waals surface area contributed by atoms with Gasteiger partial charge in [0.15, 0.2) is 11.2 Å². The fraction of sp³-hybridized carbons (Fsp3) is 0.118. The Morgan fingerprint density at radius 1 is 1.28 bits per heavy atom. The predicted octanol–water partition coefficient (Wildman–Crippen LogP) is 3.59. The molecule has 4 rings (SSSR count). The number of pyridine rings is 1. The number of furan rings is 1. The van der Waals surface area contributed by atoms with Crippen LogP contribution in [0.1, 0.15) is 17.5 Å². The highest BCUT2D eigenvalue weighted by Gasteiger charge is 2.22. The number of esters is 1. The van der Waals surface area contributed by atoms with E-state index in [2.05, 4.69) is 15.5 Å². The van der Waals surface area contributed by atoms with Gasteiger partial charge in [0, 0.05) is 23.3 Å². The highest BCUT2D eigenvalue weighted by molar-refractivity contribution is 6.05. The molecule has 0 unspecified atom stereocenters. The largest absolute Gasteiger partial charge is 0.491 e. The molecule has 2 N–H and O–H groups in total. The molecule has 8 nitrogen and oxygen atoms in total. The Bertz CT molecular complexity index is 1080. The topological polar surface area (TPSA) is 111 Å². The van der Waals surface area contributed by atoms with Crippen molar-refractivity contribution in [3.8, 4) is 5.88 Å². The number of nitrogens with zero attached hydrogens (tertiary/aromatic N) is 2. The Kier molecular flexibility index (Phi) is 3.50. The molecule has 0 radical (unpaired) electrons. The van der Waals surface area contributed by atoms with Crippen molar-refractivity contribution in [2.75, 3.05) is 11.9 Å². The number of benzene rings is 1. The normalized spacial score (nSPS) is 11.1. The van der Waals surface area contributed by atoms with Crippen molar-refractivity contribution in [2.24, 2.45) is 0 Å². The van der Waals surface area contributed by atoms with Crippen LogP contribution in [0.5, 0.6) is 5.88 Å². The van der Waals surface area contributed by atoms with E-state index in [-0.39, 0.29) is 18.2 Å². The molecular weight excluding hydrogens is 326 g/mol. The molecule has 3 heterocycles. The summed E-state index contributed by atoms with van der Waals surface area (Å²) in [6.07, 6.45) is 3.14. The predicted molar refractivity (Wildman–Crippen MR) is 88.9 cm³/mol. The molecule has 126 valence electrons. The highest BCUT2D eigenvalue weighted by atomic mass is 16.5. The number of ether oxygens (including phenoxy) is 1. The molecule has 0 amide bonds. The minimum atomic E-state index is -0.570. The number of aromatic hydroxyl groups is 1. The van der Waals surface area contributed by atoms with Gasteiger partial charge in [-0.2, -0.15) is 0 Å². The molecule has 0 bridgehead atoms. The van der Waals surface area contributed by atoms with Crippen LogP contribution >= 0.6 is 0 Å². The monoisotopic (exact) mass is 339 g/mol. The molecule has 1 aromatic carbocycles. The molecule has 0 aliphatic carbocycles. The Morgan fingerprint density at radius 3 is 3.00 bits per heavy atom. The first kappa shape index (κ1) is 15.0. The van der Waals surface area contributed by atoms with Crippen molar-refractivity contribution < 1.29 is 23.6 Å². The second-order valence-corrected chi connectivity index (χ2v) is 5.24. The first-order valence-corrected chi connectivity index (χ1v) is 7.56. The highest BCUT2D eigenvalue weighted by Crippen LogP contribution is 2.34. The average Bonchev–Trinajstić information content (AvgIpc) is 3.17. The summed E-state index contributed by atoms with van der Waals surface area (Å²) in [5, 5.41) is 17.4. The van der Waals surface area contributed by atoms with Gasteiger partial charge in [0.05, 0.1) is 18.2 Å². The van der Waals surface area contributed by atoms with Gasteiger partial charge >= 0.3 is 5.97 Å². The summed E-state index contributed by atoms with van der Waals surface area (Å²) >= 11 is 0. The standard InChI is InChI=1S/C17H13N3O5/c1-2-23-17(22)15-14(10-5-6-18-8-13(10)24-15)19-9-3-4-11-12(7-9)25-20-16(11)21/h3-8,19H,2H2,1H3,(H,20,21). The number of hydrogen-bond donors (Lipinski definition) is 2. The summed E-state index contributed by atoms with van der Waals surface area (Å²) < 4.78 is 15.7. The zero-order valence-electron chi connectivity index (χ0n) is 13.1. The van der Waals surface area contributed by atoms with Crippen molar-refractivity contribution in [1.29, 1.82) is 0 Å². The van der Waals surface area contributed by atoms with Gasteiger partial charge in [-0.25, -0.2) is 4.79 Å². The van der Waals surface area contributed by atoms with E-state index < -0.39 is 5.97 Å². The van der Waals surface area contributed by atoms with Crippen LogP contribution in [0, 0.1) is 0 Å².